The minimum Gasteiger partial charge on any atom is -0.518 e. The molecular formula is C8H10N2O2Y-2. The first-order chi connectivity index (χ1) is 5.79. The van der Waals surface area contributed by atoms with Gasteiger partial charge >= 0.3 is 0 Å². The second-order valence-corrected chi connectivity index (χ2v) is 2.77. The first-order valence-electron chi connectivity index (χ1n) is 3.76. The van der Waals surface area contributed by atoms with E-state index < -0.39 is 0 Å². The molecule has 69 valence electrons. The van der Waals surface area contributed by atoms with Crippen LogP contribution in [-0.4, -0.2) is 23.9 Å². The molecule has 0 saturated heterocycles. The fraction of sp³-hybridized carbons (Fsp3) is 0.500. The van der Waals surface area contributed by atoms with Gasteiger partial charge in [-0.2, -0.15) is 0 Å². The average molecular weight is 255 g/mol. The van der Waals surface area contributed by atoms with Gasteiger partial charge in [0.2, 0.25) is 0 Å². The zero-order valence-electron chi connectivity index (χ0n) is 7.36. The van der Waals surface area contributed by atoms with Crippen LogP contribution in [0.3, 0.4) is 0 Å². The van der Waals surface area contributed by atoms with Gasteiger partial charge < -0.3 is 20.0 Å². The molecule has 5 heteroatoms. The van der Waals surface area contributed by atoms with E-state index in [4.69, 9.17) is 0 Å². The van der Waals surface area contributed by atoms with Crippen molar-refractivity contribution in [2.24, 2.45) is 5.92 Å². The topological polar surface area (TPSA) is 49.4 Å². The van der Waals surface area contributed by atoms with Crippen LogP contribution >= 0.6 is 0 Å². The van der Waals surface area contributed by atoms with E-state index >= 15 is 0 Å². The third kappa shape index (κ3) is 3.20. The molecule has 4 nitrogen and oxygen atoms in total. The van der Waals surface area contributed by atoms with Gasteiger partial charge in [-0.3, -0.25) is 0 Å². The fourth-order valence-electron chi connectivity index (χ4n) is 1.34. The largest absolute Gasteiger partial charge is 0.518 e. The van der Waals surface area contributed by atoms with E-state index in [-0.39, 0.29) is 44.7 Å². The summed E-state index contributed by atoms with van der Waals surface area (Å²) in [6.45, 7) is 1.98. The Labute approximate surface area is 103 Å². The Bertz CT molecular complexity index is 208. The molecule has 1 aliphatic rings. The minimum atomic E-state index is -0.0102. The van der Waals surface area contributed by atoms with Crippen LogP contribution in [0.4, 0.5) is 0 Å². The van der Waals surface area contributed by atoms with Crippen LogP contribution in [0.15, 0.2) is 12.2 Å². The normalized spacial score (nSPS) is 24.7. The van der Waals surface area contributed by atoms with Gasteiger partial charge in [-0.1, -0.05) is 19.1 Å². The number of hydrazine groups is 1. The maximum absolute atomic E-state index is 10.4. The number of nitrogens with zero attached hydrogens (tertiary/aromatic N) is 1. The summed E-state index contributed by atoms with van der Waals surface area (Å²) < 4.78 is 0. The molecule has 1 rings (SSSR count). The molecule has 0 aromatic carbocycles. The van der Waals surface area contributed by atoms with Crippen molar-refractivity contribution >= 4 is 12.8 Å². The molecule has 1 aliphatic carbocycles. The molecule has 0 spiro atoms. The Balaban J connectivity index is 0.00000144. The van der Waals surface area contributed by atoms with Crippen LogP contribution in [0.5, 0.6) is 0 Å². The zero-order valence-corrected chi connectivity index (χ0v) is 10.2. The second kappa shape index (κ2) is 6.27. The second-order valence-electron chi connectivity index (χ2n) is 2.77. The predicted molar refractivity (Wildman–Crippen MR) is 43.1 cm³/mol. The van der Waals surface area contributed by atoms with Crippen molar-refractivity contribution in [1.82, 2.24) is 10.4 Å². The molecule has 0 bridgehead atoms. The number of rotatable bonds is 4. The van der Waals surface area contributed by atoms with E-state index in [1.165, 1.54) is 6.41 Å². The Morgan fingerprint density at radius 1 is 1.54 bits per heavy atom. The average Bonchev–Trinajstić information content (AvgIpc) is 2.47. The minimum absolute atomic E-state index is 0. The van der Waals surface area contributed by atoms with E-state index in [1.807, 2.05) is 19.1 Å². The van der Waals surface area contributed by atoms with Crippen LogP contribution in [-0.2, 0) is 42.3 Å². The quantitative estimate of drug-likeness (QED) is 0.330. The molecular weight excluding hydrogens is 245 g/mol. The standard InChI is InChI=1S/C8H10N2O2.Y/c1-7-3-2-4-8(7)10(6-12)9-5-11;/h2-3,7-8H,4H2,1H3,(H,9,11);/q-2;/t7-,8-;/m0./s1. The summed E-state index contributed by atoms with van der Waals surface area (Å²) in [7, 11) is 0. The van der Waals surface area contributed by atoms with Crippen LogP contribution in [0.2, 0.25) is 0 Å². The molecule has 13 heavy (non-hydrogen) atoms. The Morgan fingerprint density at radius 2 is 2.23 bits per heavy atom. The van der Waals surface area contributed by atoms with E-state index in [0.29, 0.717) is 0 Å². The van der Waals surface area contributed by atoms with Gasteiger partial charge in [0.15, 0.2) is 0 Å². The third-order valence-corrected chi connectivity index (χ3v) is 2.02. The van der Waals surface area contributed by atoms with Gasteiger partial charge in [0.1, 0.15) is 0 Å². The molecule has 0 unspecified atom stereocenters. The summed E-state index contributed by atoms with van der Waals surface area (Å²) in [5, 5.41) is 1.12. The van der Waals surface area contributed by atoms with Crippen LogP contribution < -0.4 is 5.43 Å². The maximum atomic E-state index is 10.4. The van der Waals surface area contributed by atoms with Crippen molar-refractivity contribution in [2.75, 3.05) is 0 Å². The van der Waals surface area contributed by atoms with Crippen LogP contribution in [0.1, 0.15) is 13.3 Å². The molecule has 0 aromatic heterocycles. The first kappa shape index (κ1) is 12.8. The van der Waals surface area contributed by atoms with Gasteiger partial charge in [0.25, 0.3) is 0 Å². The molecule has 2 amide bonds. The monoisotopic (exact) mass is 255 g/mol. The molecule has 0 aliphatic heterocycles. The maximum Gasteiger partial charge on any atom is 0.0238 e. The molecule has 0 saturated carbocycles. The van der Waals surface area contributed by atoms with Crippen molar-refractivity contribution in [2.45, 2.75) is 19.4 Å². The summed E-state index contributed by atoms with van der Waals surface area (Å²) in [6.07, 6.45) is 7.83. The summed E-state index contributed by atoms with van der Waals surface area (Å²) in [5.74, 6) is 0.257. The summed E-state index contributed by atoms with van der Waals surface area (Å²) in [4.78, 5) is 20.3. The number of carbonyl (C=O) groups excluding carboxylic acids is 2. The fourth-order valence-corrected chi connectivity index (χ4v) is 1.34. The molecule has 0 heterocycles. The Morgan fingerprint density at radius 3 is 2.62 bits per heavy atom. The molecule has 0 fully saturated rings. The summed E-state index contributed by atoms with van der Waals surface area (Å²) in [5.41, 5.74) is 2.17. The van der Waals surface area contributed by atoms with Crippen molar-refractivity contribution < 1.29 is 42.3 Å². The zero-order chi connectivity index (χ0) is 8.97. The molecule has 1 radical (unpaired) electrons. The van der Waals surface area contributed by atoms with Gasteiger partial charge in [0.05, 0.1) is 0 Å². The number of hydrogen-bond acceptors (Lipinski definition) is 2. The predicted octanol–water partition coefficient (Wildman–Crippen LogP) is -0.110. The van der Waals surface area contributed by atoms with Gasteiger partial charge in [-0.05, 0) is 12.3 Å². The SMILES string of the molecule is C[C@H]1C=CC[C@@H]1N([C-]=O)N[C-]=O.[Y]. The Kier molecular flexibility index (Phi) is 6.17. The number of amides is 2. The van der Waals surface area contributed by atoms with Gasteiger partial charge in [-0.15, -0.1) is 12.8 Å². The van der Waals surface area contributed by atoms with Gasteiger partial charge in [-0.25, -0.2) is 0 Å². The summed E-state index contributed by atoms with van der Waals surface area (Å²) in [6, 6.07) is -0.0102. The molecule has 2 atom stereocenters. The molecule has 0 aromatic rings. The summed E-state index contributed by atoms with van der Waals surface area (Å²) >= 11 is 0. The van der Waals surface area contributed by atoms with Crippen molar-refractivity contribution in [3.63, 3.8) is 0 Å². The van der Waals surface area contributed by atoms with Gasteiger partial charge in [0, 0.05) is 38.8 Å². The number of hydrogen-bond donors (Lipinski definition) is 1. The van der Waals surface area contributed by atoms with Crippen LogP contribution in [0, 0.1) is 5.92 Å². The van der Waals surface area contributed by atoms with E-state index in [1.54, 1.807) is 6.41 Å². The third-order valence-electron chi connectivity index (χ3n) is 2.02. The van der Waals surface area contributed by atoms with E-state index in [2.05, 4.69) is 5.43 Å². The van der Waals surface area contributed by atoms with E-state index in [0.717, 1.165) is 11.4 Å². The smallest absolute Gasteiger partial charge is 0.0238 e. The number of nitrogens with one attached hydrogen (secondary N) is 1. The van der Waals surface area contributed by atoms with Crippen molar-refractivity contribution in [3.05, 3.63) is 12.2 Å². The van der Waals surface area contributed by atoms with Crippen molar-refractivity contribution in [3.8, 4) is 0 Å². The van der Waals surface area contributed by atoms with E-state index in [9.17, 15) is 9.59 Å². The first-order valence-corrected chi connectivity index (χ1v) is 3.76. The van der Waals surface area contributed by atoms with Crippen LogP contribution in [0.25, 0.3) is 0 Å². The van der Waals surface area contributed by atoms with Crippen molar-refractivity contribution in [1.29, 1.82) is 0 Å². The Hall–Kier alpha value is -0.216. The molecule has 1 N–H and O–H groups in total.